The van der Waals surface area contributed by atoms with Crippen molar-refractivity contribution in [3.05, 3.63) is 75.1 Å². The average Bonchev–Trinajstić information content (AvgIpc) is 3.03. The minimum atomic E-state index is -1.20. The third-order valence-electron chi connectivity index (χ3n) is 4.78. The van der Waals surface area contributed by atoms with Crippen LogP contribution in [-0.4, -0.2) is 33.6 Å². The molecule has 0 radical (unpaired) electrons. The third kappa shape index (κ3) is 4.43. The standard InChI is InChI=1S/C20H18FN3O6/c21-13-8-14-15(17(9-13)24(28)29)10-23(20(14)27)16(19(22)26)6-7-18(25)30-11-12-4-2-1-3-5-12/h1-5,8-9,16H,6-7,10-11H2,(H2,22,26)/t16-/m0/s1. The van der Waals surface area contributed by atoms with Crippen molar-refractivity contribution in [1.82, 2.24) is 4.90 Å². The first-order valence-corrected chi connectivity index (χ1v) is 9.04. The summed E-state index contributed by atoms with van der Waals surface area (Å²) in [6.07, 6.45) is -0.323. The molecular weight excluding hydrogens is 397 g/mol. The van der Waals surface area contributed by atoms with E-state index in [0.29, 0.717) is 0 Å². The normalized spacial score (nSPS) is 13.6. The predicted octanol–water partition coefficient (Wildman–Crippen LogP) is 2.07. The van der Waals surface area contributed by atoms with Crippen molar-refractivity contribution in [2.45, 2.75) is 32.0 Å². The number of primary amides is 1. The highest BCUT2D eigenvalue weighted by molar-refractivity contribution is 6.02. The van der Waals surface area contributed by atoms with Crippen LogP contribution >= 0.6 is 0 Å². The van der Waals surface area contributed by atoms with E-state index in [4.69, 9.17) is 10.5 Å². The summed E-state index contributed by atoms with van der Waals surface area (Å²) in [4.78, 5) is 48.0. The van der Waals surface area contributed by atoms with Gasteiger partial charge >= 0.3 is 5.97 Å². The first-order chi connectivity index (χ1) is 14.3. The summed E-state index contributed by atoms with van der Waals surface area (Å²) in [5, 5.41) is 11.2. The van der Waals surface area contributed by atoms with Crippen molar-refractivity contribution in [3.63, 3.8) is 0 Å². The van der Waals surface area contributed by atoms with Gasteiger partial charge in [0.1, 0.15) is 18.5 Å². The molecule has 2 N–H and O–H groups in total. The SMILES string of the molecule is NC(=O)[C@H](CCC(=O)OCc1ccccc1)N1Cc2c(cc(F)cc2[N+](=O)[O-])C1=O. The van der Waals surface area contributed by atoms with E-state index < -0.39 is 40.3 Å². The number of carbonyl (C=O) groups is 3. The van der Waals surface area contributed by atoms with Crippen LogP contribution < -0.4 is 5.73 Å². The van der Waals surface area contributed by atoms with Gasteiger partial charge < -0.3 is 15.4 Å². The summed E-state index contributed by atoms with van der Waals surface area (Å²) >= 11 is 0. The maximum atomic E-state index is 13.7. The molecule has 0 aliphatic carbocycles. The molecule has 0 bridgehead atoms. The van der Waals surface area contributed by atoms with Gasteiger partial charge in [-0.1, -0.05) is 30.3 Å². The molecule has 0 saturated heterocycles. The van der Waals surface area contributed by atoms with E-state index in [1.165, 1.54) is 0 Å². The molecule has 1 atom stereocenters. The van der Waals surface area contributed by atoms with Gasteiger partial charge in [-0.25, -0.2) is 4.39 Å². The van der Waals surface area contributed by atoms with Crippen LogP contribution in [0.15, 0.2) is 42.5 Å². The number of nitro groups is 1. The quantitative estimate of drug-likeness (QED) is 0.399. The lowest BCUT2D eigenvalue weighted by Gasteiger charge is -2.24. The molecule has 10 heteroatoms. The Balaban J connectivity index is 1.68. The summed E-state index contributed by atoms with van der Waals surface area (Å²) in [5.41, 5.74) is 5.45. The average molecular weight is 415 g/mol. The molecule has 9 nitrogen and oxygen atoms in total. The van der Waals surface area contributed by atoms with E-state index in [1.54, 1.807) is 24.3 Å². The maximum Gasteiger partial charge on any atom is 0.306 e. The summed E-state index contributed by atoms with van der Waals surface area (Å²) in [7, 11) is 0. The molecule has 0 fully saturated rings. The number of rotatable bonds is 8. The van der Waals surface area contributed by atoms with Gasteiger partial charge in [0.25, 0.3) is 11.6 Å². The number of fused-ring (bicyclic) bond motifs is 1. The van der Waals surface area contributed by atoms with Crippen molar-refractivity contribution < 1.29 is 28.4 Å². The molecule has 0 saturated carbocycles. The number of nitrogens with two attached hydrogens (primary N) is 1. The highest BCUT2D eigenvalue weighted by Crippen LogP contribution is 2.33. The van der Waals surface area contributed by atoms with Crippen LogP contribution in [0.5, 0.6) is 0 Å². The maximum absolute atomic E-state index is 13.7. The highest BCUT2D eigenvalue weighted by atomic mass is 19.1. The Morgan fingerprint density at radius 3 is 2.60 bits per heavy atom. The summed E-state index contributed by atoms with van der Waals surface area (Å²) < 4.78 is 18.8. The topological polar surface area (TPSA) is 133 Å². The van der Waals surface area contributed by atoms with E-state index >= 15 is 0 Å². The molecule has 1 heterocycles. The number of benzene rings is 2. The summed E-state index contributed by atoms with van der Waals surface area (Å²) in [6, 6.07) is 9.39. The minimum absolute atomic E-state index is 0.00399. The van der Waals surface area contributed by atoms with Crippen molar-refractivity contribution in [2.75, 3.05) is 0 Å². The van der Waals surface area contributed by atoms with Gasteiger partial charge in [-0.2, -0.15) is 0 Å². The minimum Gasteiger partial charge on any atom is -0.461 e. The van der Waals surface area contributed by atoms with Gasteiger partial charge in [-0.15, -0.1) is 0 Å². The van der Waals surface area contributed by atoms with Gasteiger partial charge in [-0.05, 0) is 18.1 Å². The molecule has 2 aromatic carbocycles. The van der Waals surface area contributed by atoms with Crippen LogP contribution in [0.2, 0.25) is 0 Å². The number of hydrogen-bond acceptors (Lipinski definition) is 6. The Morgan fingerprint density at radius 1 is 1.27 bits per heavy atom. The number of halogens is 1. The van der Waals surface area contributed by atoms with Gasteiger partial charge in [0.2, 0.25) is 5.91 Å². The number of nitrogens with zero attached hydrogens (tertiary/aromatic N) is 2. The first kappa shape index (κ1) is 20.9. The number of ether oxygens (including phenoxy) is 1. The fraction of sp³-hybridized carbons (Fsp3) is 0.250. The lowest BCUT2D eigenvalue weighted by Crippen LogP contribution is -2.45. The Bertz CT molecular complexity index is 1010. The Kier molecular flexibility index (Phi) is 6.05. The molecule has 0 unspecified atom stereocenters. The van der Waals surface area contributed by atoms with Crippen LogP contribution in [0.25, 0.3) is 0 Å². The monoisotopic (exact) mass is 415 g/mol. The second-order valence-electron chi connectivity index (χ2n) is 6.74. The first-order valence-electron chi connectivity index (χ1n) is 9.04. The van der Waals surface area contributed by atoms with Gasteiger partial charge in [-0.3, -0.25) is 24.5 Å². The van der Waals surface area contributed by atoms with E-state index in [2.05, 4.69) is 0 Å². The Hall–Kier alpha value is -3.82. The van der Waals surface area contributed by atoms with Crippen LogP contribution in [-0.2, 0) is 27.5 Å². The molecule has 1 aliphatic rings. The van der Waals surface area contributed by atoms with Crippen LogP contribution in [0.1, 0.15) is 34.3 Å². The summed E-state index contributed by atoms with van der Waals surface area (Å²) in [5.74, 6) is -3.16. The molecule has 3 rings (SSSR count). The van der Waals surface area contributed by atoms with Crippen LogP contribution in [0.3, 0.4) is 0 Å². The molecule has 2 amide bonds. The van der Waals surface area contributed by atoms with Gasteiger partial charge in [0, 0.05) is 6.42 Å². The molecule has 30 heavy (non-hydrogen) atoms. The smallest absolute Gasteiger partial charge is 0.306 e. The fourth-order valence-corrected chi connectivity index (χ4v) is 3.31. The molecule has 156 valence electrons. The van der Waals surface area contributed by atoms with Crippen LogP contribution in [0, 0.1) is 15.9 Å². The lowest BCUT2D eigenvalue weighted by atomic mass is 10.1. The molecular formula is C20H18FN3O6. The molecule has 2 aromatic rings. The van der Waals surface area contributed by atoms with E-state index in [9.17, 15) is 28.9 Å². The largest absolute Gasteiger partial charge is 0.461 e. The van der Waals surface area contributed by atoms with Crippen molar-refractivity contribution in [2.24, 2.45) is 5.73 Å². The molecule has 0 spiro atoms. The number of hydrogen-bond donors (Lipinski definition) is 1. The molecule has 0 aromatic heterocycles. The summed E-state index contributed by atoms with van der Waals surface area (Å²) in [6.45, 7) is -0.224. The fourth-order valence-electron chi connectivity index (χ4n) is 3.31. The second-order valence-corrected chi connectivity index (χ2v) is 6.74. The highest BCUT2D eigenvalue weighted by Gasteiger charge is 2.39. The van der Waals surface area contributed by atoms with E-state index in [-0.39, 0.29) is 37.1 Å². The lowest BCUT2D eigenvalue weighted by molar-refractivity contribution is -0.385. The predicted molar refractivity (Wildman–Crippen MR) is 101 cm³/mol. The van der Waals surface area contributed by atoms with E-state index in [0.717, 1.165) is 22.6 Å². The van der Waals surface area contributed by atoms with Crippen LogP contribution in [0.4, 0.5) is 10.1 Å². The van der Waals surface area contributed by atoms with Gasteiger partial charge in [0.15, 0.2) is 0 Å². The number of carbonyl (C=O) groups excluding carboxylic acids is 3. The third-order valence-corrected chi connectivity index (χ3v) is 4.78. The van der Waals surface area contributed by atoms with Gasteiger partial charge in [0.05, 0.1) is 28.7 Å². The van der Waals surface area contributed by atoms with Crippen molar-refractivity contribution in [3.8, 4) is 0 Å². The molecule has 1 aliphatic heterocycles. The zero-order chi connectivity index (χ0) is 21.8. The second kappa shape index (κ2) is 8.68. The Labute approximate surface area is 170 Å². The van der Waals surface area contributed by atoms with E-state index in [1.807, 2.05) is 6.07 Å². The number of esters is 1. The number of amides is 2. The Morgan fingerprint density at radius 2 is 1.97 bits per heavy atom. The zero-order valence-corrected chi connectivity index (χ0v) is 15.7. The number of nitro benzene ring substituents is 1. The zero-order valence-electron chi connectivity index (χ0n) is 15.7. The van der Waals surface area contributed by atoms with Crippen molar-refractivity contribution >= 4 is 23.5 Å². The van der Waals surface area contributed by atoms with Crippen molar-refractivity contribution in [1.29, 1.82) is 0 Å².